The maximum atomic E-state index is 13.6. The van der Waals surface area contributed by atoms with Crippen molar-refractivity contribution < 1.29 is 18.3 Å². The quantitative estimate of drug-likeness (QED) is 0.856. The fourth-order valence-electron chi connectivity index (χ4n) is 1.27. The molecule has 108 valence electrons. The SMILES string of the molecule is CCOC(=O)C(F)(F)[C@H](N)c1ccc(Cl)c(Cl)c1.Cl. The molecule has 0 aromatic heterocycles. The van der Waals surface area contributed by atoms with E-state index < -0.39 is 17.9 Å². The molecule has 2 N–H and O–H groups in total. The number of carbonyl (C=O) groups excluding carboxylic acids is 1. The second-order valence-corrected chi connectivity index (χ2v) is 4.31. The number of esters is 1. The molecule has 8 heteroatoms. The highest BCUT2D eigenvalue weighted by Gasteiger charge is 2.47. The molecular weight excluding hydrogens is 322 g/mol. The minimum absolute atomic E-state index is 0. The Kier molecular flexibility index (Phi) is 7.00. The molecule has 0 unspecified atom stereocenters. The monoisotopic (exact) mass is 333 g/mol. The first-order valence-corrected chi connectivity index (χ1v) is 5.81. The molecule has 0 radical (unpaired) electrons. The fourth-order valence-corrected chi connectivity index (χ4v) is 1.58. The number of halogens is 5. The van der Waals surface area contributed by atoms with Gasteiger partial charge in [-0.3, -0.25) is 0 Å². The van der Waals surface area contributed by atoms with E-state index >= 15 is 0 Å². The van der Waals surface area contributed by atoms with Gasteiger partial charge in [-0.2, -0.15) is 8.78 Å². The minimum atomic E-state index is -3.83. The molecule has 0 heterocycles. The molecule has 1 aromatic rings. The molecular formula is C11H12Cl3F2NO2. The van der Waals surface area contributed by atoms with Crippen LogP contribution in [0.3, 0.4) is 0 Å². The Labute approximate surface area is 125 Å². The van der Waals surface area contributed by atoms with Crippen LogP contribution < -0.4 is 5.73 Å². The van der Waals surface area contributed by atoms with Crippen molar-refractivity contribution in [3.63, 3.8) is 0 Å². The first-order valence-electron chi connectivity index (χ1n) is 5.06. The number of rotatable bonds is 4. The van der Waals surface area contributed by atoms with E-state index in [1.54, 1.807) is 0 Å². The summed E-state index contributed by atoms with van der Waals surface area (Å²) in [5.74, 6) is -5.49. The maximum Gasteiger partial charge on any atom is 0.379 e. The van der Waals surface area contributed by atoms with E-state index in [4.69, 9.17) is 28.9 Å². The zero-order chi connectivity index (χ0) is 13.9. The van der Waals surface area contributed by atoms with E-state index in [0.717, 1.165) is 0 Å². The second kappa shape index (κ2) is 7.24. The van der Waals surface area contributed by atoms with Crippen molar-refractivity contribution in [2.45, 2.75) is 18.9 Å². The van der Waals surface area contributed by atoms with E-state index in [1.165, 1.54) is 25.1 Å². The Bertz CT molecular complexity index is 458. The lowest BCUT2D eigenvalue weighted by Gasteiger charge is -2.22. The van der Waals surface area contributed by atoms with Gasteiger partial charge in [0.15, 0.2) is 0 Å². The van der Waals surface area contributed by atoms with Crippen molar-refractivity contribution >= 4 is 41.6 Å². The maximum absolute atomic E-state index is 13.6. The van der Waals surface area contributed by atoms with Gasteiger partial charge in [0.05, 0.1) is 16.7 Å². The average molecular weight is 335 g/mol. The largest absolute Gasteiger partial charge is 0.462 e. The number of benzene rings is 1. The number of hydrogen-bond acceptors (Lipinski definition) is 3. The van der Waals surface area contributed by atoms with Gasteiger partial charge in [-0.15, -0.1) is 12.4 Å². The van der Waals surface area contributed by atoms with Crippen LogP contribution in [0.25, 0.3) is 0 Å². The van der Waals surface area contributed by atoms with Crippen LogP contribution in [0.2, 0.25) is 10.0 Å². The Hall–Kier alpha value is -0.620. The van der Waals surface area contributed by atoms with Gasteiger partial charge in [0.2, 0.25) is 0 Å². The highest BCUT2D eigenvalue weighted by atomic mass is 35.5. The molecule has 3 nitrogen and oxygen atoms in total. The van der Waals surface area contributed by atoms with Gasteiger partial charge in [-0.25, -0.2) is 4.79 Å². The molecule has 0 saturated heterocycles. The number of alkyl halides is 2. The molecule has 0 bridgehead atoms. The van der Waals surface area contributed by atoms with Crippen molar-refractivity contribution in [3.05, 3.63) is 33.8 Å². The van der Waals surface area contributed by atoms with Crippen molar-refractivity contribution in [1.82, 2.24) is 0 Å². The minimum Gasteiger partial charge on any atom is -0.462 e. The summed E-state index contributed by atoms with van der Waals surface area (Å²) in [4.78, 5) is 11.1. The van der Waals surface area contributed by atoms with Crippen LogP contribution in [-0.2, 0) is 9.53 Å². The van der Waals surface area contributed by atoms with E-state index in [2.05, 4.69) is 4.74 Å². The standard InChI is InChI=1S/C11H11Cl2F2NO2.ClH/c1-2-18-10(17)11(14,15)9(16)6-3-4-7(12)8(13)5-6;/h3-5,9H,2,16H2,1H3;1H/t9-;/m1./s1. The van der Waals surface area contributed by atoms with E-state index in [1.807, 2.05) is 0 Å². The topological polar surface area (TPSA) is 52.3 Å². The van der Waals surface area contributed by atoms with Crippen LogP contribution in [0.1, 0.15) is 18.5 Å². The van der Waals surface area contributed by atoms with Gasteiger partial charge < -0.3 is 10.5 Å². The first kappa shape index (κ1) is 18.4. The van der Waals surface area contributed by atoms with Crippen LogP contribution in [-0.4, -0.2) is 18.5 Å². The third kappa shape index (κ3) is 4.18. The van der Waals surface area contributed by atoms with Gasteiger partial charge in [0, 0.05) is 0 Å². The number of ether oxygens (including phenoxy) is 1. The molecule has 1 rings (SSSR count). The smallest absolute Gasteiger partial charge is 0.379 e. The summed E-state index contributed by atoms with van der Waals surface area (Å²) < 4.78 is 31.6. The zero-order valence-corrected chi connectivity index (χ0v) is 12.2. The second-order valence-electron chi connectivity index (χ2n) is 3.49. The van der Waals surface area contributed by atoms with Gasteiger partial charge >= 0.3 is 11.9 Å². The molecule has 0 amide bonds. The molecule has 0 saturated carbocycles. The molecule has 0 fully saturated rings. The lowest BCUT2D eigenvalue weighted by Crippen LogP contribution is -2.41. The van der Waals surface area contributed by atoms with Gasteiger partial charge in [0.1, 0.15) is 6.04 Å². The third-order valence-corrected chi connectivity index (χ3v) is 2.98. The van der Waals surface area contributed by atoms with E-state index in [-0.39, 0.29) is 34.6 Å². The summed E-state index contributed by atoms with van der Waals surface area (Å²) in [6.07, 6.45) is 0. The summed E-state index contributed by atoms with van der Waals surface area (Å²) >= 11 is 11.4. The lowest BCUT2D eigenvalue weighted by atomic mass is 10.0. The summed E-state index contributed by atoms with van der Waals surface area (Å²) in [6.45, 7) is 1.28. The molecule has 0 aliphatic carbocycles. The number of nitrogens with two attached hydrogens (primary N) is 1. The number of carbonyl (C=O) groups is 1. The molecule has 0 spiro atoms. The number of hydrogen-bond donors (Lipinski definition) is 1. The van der Waals surface area contributed by atoms with Crippen molar-refractivity contribution in [1.29, 1.82) is 0 Å². The summed E-state index contributed by atoms with van der Waals surface area (Å²) in [5, 5.41) is 0.302. The van der Waals surface area contributed by atoms with Crippen LogP contribution in [0.5, 0.6) is 0 Å². The summed E-state index contributed by atoms with van der Waals surface area (Å²) in [7, 11) is 0. The zero-order valence-electron chi connectivity index (χ0n) is 9.83. The van der Waals surface area contributed by atoms with Crippen molar-refractivity contribution in [2.75, 3.05) is 6.61 Å². The highest BCUT2D eigenvalue weighted by molar-refractivity contribution is 6.42. The Morgan fingerprint density at radius 3 is 2.47 bits per heavy atom. The predicted octanol–water partition coefficient (Wildman–Crippen LogP) is 3.61. The van der Waals surface area contributed by atoms with E-state index in [9.17, 15) is 13.6 Å². The molecule has 1 atom stereocenters. The van der Waals surface area contributed by atoms with Crippen LogP contribution in [0.15, 0.2) is 18.2 Å². The summed E-state index contributed by atoms with van der Waals surface area (Å²) in [6, 6.07) is 1.97. The normalized spacial score (nSPS) is 12.5. The van der Waals surface area contributed by atoms with Gasteiger partial charge in [0.25, 0.3) is 0 Å². The van der Waals surface area contributed by atoms with Gasteiger partial charge in [-0.1, -0.05) is 29.3 Å². The average Bonchev–Trinajstić information content (AvgIpc) is 2.32. The Morgan fingerprint density at radius 1 is 1.42 bits per heavy atom. The van der Waals surface area contributed by atoms with E-state index in [0.29, 0.717) is 0 Å². The molecule has 1 aromatic carbocycles. The van der Waals surface area contributed by atoms with Gasteiger partial charge in [-0.05, 0) is 24.6 Å². The summed E-state index contributed by atoms with van der Waals surface area (Å²) in [5.41, 5.74) is 5.37. The first-order chi connectivity index (χ1) is 8.30. The van der Waals surface area contributed by atoms with Crippen molar-refractivity contribution in [3.8, 4) is 0 Å². The fraction of sp³-hybridized carbons (Fsp3) is 0.364. The highest BCUT2D eigenvalue weighted by Crippen LogP contribution is 2.33. The Balaban J connectivity index is 0.00000324. The van der Waals surface area contributed by atoms with Crippen LogP contribution >= 0.6 is 35.6 Å². The molecule has 0 aliphatic rings. The predicted molar refractivity (Wildman–Crippen MR) is 72.2 cm³/mol. The van der Waals surface area contributed by atoms with Crippen LogP contribution in [0.4, 0.5) is 8.78 Å². The van der Waals surface area contributed by atoms with Crippen LogP contribution in [0, 0.1) is 0 Å². The Morgan fingerprint density at radius 2 is 2.00 bits per heavy atom. The third-order valence-electron chi connectivity index (χ3n) is 2.24. The molecule has 19 heavy (non-hydrogen) atoms. The molecule has 0 aliphatic heterocycles. The van der Waals surface area contributed by atoms with Crippen molar-refractivity contribution in [2.24, 2.45) is 5.73 Å². The lowest BCUT2D eigenvalue weighted by molar-refractivity contribution is -0.174.